The van der Waals surface area contributed by atoms with E-state index in [9.17, 15) is 18.5 Å². The molecule has 7 heteroatoms. The third-order valence-corrected chi connectivity index (χ3v) is 4.77. The van der Waals surface area contributed by atoms with Crippen molar-refractivity contribution in [2.24, 2.45) is 0 Å². The van der Waals surface area contributed by atoms with Crippen molar-refractivity contribution in [2.45, 2.75) is 17.7 Å². The van der Waals surface area contributed by atoms with Gasteiger partial charge in [0.25, 0.3) is 5.69 Å². The molecule has 0 aliphatic rings. The second-order valence-corrected chi connectivity index (χ2v) is 6.62. The summed E-state index contributed by atoms with van der Waals surface area (Å²) in [6, 6.07) is 14.8. The van der Waals surface area contributed by atoms with Crippen molar-refractivity contribution < 1.29 is 13.3 Å². The Kier molecular flexibility index (Phi) is 4.89. The number of sulfonamides is 1. The fourth-order valence-electron chi connectivity index (χ4n) is 2.05. The first-order chi connectivity index (χ1) is 10.4. The minimum atomic E-state index is -3.93. The first kappa shape index (κ1) is 16.1. The van der Waals surface area contributed by atoms with Crippen LogP contribution in [0.4, 0.5) is 5.69 Å². The number of benzene rings is 2. The lowest BCUT2D eigenvalue weighted by Crippen LogP contribution is -2.28. The largest absolute Gasteiger partial charge is 0.289 e. The van der Waals surface area contributed by atoms with Crippen LogP contribution in [0.3, 0.4) is 0 Å². The minimum Gasteiger partial charge on any atom is -0.258 e. The number of hydrogen-bond acceptors (Lipinski definition) is 4. The predicted molar refractivity (Wildman–Crippen MR) is 83.1 cm³/mol. The molecule has 0 unspecified atom stereocenters. The van der Waals surface area contributed by atoms with Crippen LogP contribution in [0.5, 0.6) is 0 Å². The van der Waals surface area contributed by atoms with Crippen LogP contribution < -0.4 is 4.72 Å². The Morgan fingerprint density at radius 2 is 1.68 bits per heavy atom. The van der Waals surface area contributed by atoms with Crippen LogP contribution in [0.1, 0.15) is 18.4 Å². The van der Waals surface area contributed by atoms with E-state index < -0.39 is 20.6 Å². The Hall–Kier alpha value is -2.25. The van der Waals surface area contributed by atoms with Crippen LogP contribution in [0.15, 0.2) is 59.5 Å². The maximum Gasteiger partial charge on any atom is 0.289 e. The summed E-state index contributed by atoms with van der Waals surface area (Å²) in [5.74, 6) is -0.0428. The second-order valence-electron chi connectivity index (χ2n) is 4.89. The molecule has 0 bridgehead atoms. The molecule has 2 rings (SSSR count). The molecule has 116 valence electrons. The molecule has 1 N–H and O–H groups in total. The van der Waals surface area contributed by atoms with Crippen molar-refractivity contribution in [1.29, 1.82) is 0 Å². The van der Waals surface area contributed by atoms with Crippen molar-refractivity contribution in [3.05, 3.63) is 70.3 Å². The molecule has 0 heterocycles. The van der Waals surface area contributed by atoms with Crippen LogP contribution in [0.25, 0.3) is 0 Å². The second kappa shape index (κ2) is 6.67. The quantitative estimate of drug-likeness (QED) is 0.654. The van der Waals surface area contributed by atoms with Crippen LogP contribution in [-0.2, 0) is 10.0 Å². The average Bonchev–Trinajstić information content (AvgIpc) is 2.53. The lowest BCUT2D eigenvalue weighted by Gasteiger charge is -2.13. The van der Waals surface area contributed by atoms with Gasteiger partial charge in [0.15, 0.2) is 4.90 Å². The molecule has 1 atom stereocenters. The van der Waals surface area contributed by atoms with Gasteiger partial charge in [-0.1, -0.05) is 49.4 Å². The number of nitro benzene ring substituents is 1. The highest BCUT2D eigenvalue weighted by Gasteiger charge is 2.25. The van der Waals surface area contributed by atoms with Gasteiger partial charge in [0, 0.05) is 12.6 Å². The summed E-state index contributed by atoms with van der Waals surface area (Å²) in [4.78, 5) is 9.92. The summed E-state index contributed by atoms with van der Waals surface area (Å²) in [5, 5.41) is 10.9. The van der Waals surface area contributed by atoms with Crippen molar-refractivity contribution in [1.82, 2.24) is 4.72 Å². The molecule has 6 nitrogen and oxygen atoms in total. The van der Waals surface area contributed by atoms with Gasteiger partial charge in [-0.05, 0) is 17.5 Å². The number of nitrogens with one attached hydrogen (secondary N) is 1. The van der Waals surface area contributed by atoms with E-state index in [-0.39, 0.29) is 17.4 Å². The molecule has 0 aromatic heterocycles. The van der Waals surface area contributed by atoms with Gasteiger partial charge in [-0.15, -0.1) is 0 Å². The lowest BCUT2D eigenvalue weighted by atomic mass is 10.0. The van der Waals surface area contributed by atoms with E-state index in [1.165, 1.54) is 24.3 Å². The van der Waals surface area contributed by atoms with Gasteiger partial charge in [-0.3, -0.25) is 10.1 Å². The minimum absolute atomic E-state index is 0.0428. The zero-order chi connectivity index (χ0) is 16.2. The molecule has 0 saturated carbocycles. The summed E-state index contributed by atoms with van der Waals surface area (Å²) >= 11 is 0. The normalized spacial score (nSPS) is 12.8. The first-order valence-electron chi connectivity index (χ1n) is 6.70. The molecule has 0 radical (unpaired) electrons. The highest BCUT2D eigenvalue weighted by molar-refractivity contribution is 7.89. The summed E-state index contributed by atoms with van der Waals surface area (Å²) < 4.78 is 27.0. The Morgan fingerprint density at radius 3 is 2.32 bits per heavy atom. The molecule has 2 aromatic rings. The molecule has 22 heavy (non-hydrogen) atoms. The number of nitro groups is 1. The maximum atomic E-state index is 12.3. The first-order valence-corrected chi connectivity index (χ1v) is 8.18. The Labute approximate surface area is 129 Å². The smallest absolute Gasteiger partial charge is 0.258 e. The van der Waals surface area contributed by atoms with Gasteiger partial charge in [0.2, 0.25) is 10.0 Å². The number of nitrogens with zero attached hydrogens (tertiary/aromatic N) is 1. The third kappa shape index (κ3) is 3.69. The standard InChI is InChI=1S/C15H16N2O4S/c1-12(13-7-3-2-4-8-13)11-16-22(20,21)15-10-6-5-9-14(15)17(18)19/h2-10,12,16H,11H2,1H3/t12-/m0/s1. The van der Waals surface area contributed by atoms with Crippen molar-refractivity contribution in [3.63, 3.8) is 0 Å². The van der Waals surface area contributed by atoms with E-state index in [2.05, 4.69) is 4.72 Å². The SMILES string of the molecule is C[C@@H](CNS(=O)(=O)c1ccccc1[N+](=O)[O-])c1ccccc1. The van der Waals surface area contributed by atoms with Gasteiger partial charge in [0.1, 0.15) is 0 Å². The highest BCUT2D eigenvalue weighted by atomic mass is 32.2. The summed E-state index contributed by atoms with van der Waals surface area (Å²) in [6.07, 6.45) is 0. The zero-order valence-electron chi connectivity index (χ0n) is 12.0. The third-order valence-electron chi connectivity index (χ3n) is 3.30. The van der Waals surface area contributed by atoms with Gasteiger partial charge in [-0.2, -0.15) is 0 Å². The Bertz CT molecular complexity index is 760. The van der Waals surface area contributed by atoms with E-state index in [1.54, 1.807) is 0 Å². The molecule has 0 amide bonds. The fraction of sp³-hybridized carbons (Fsp3) is 0.200. The van der Waals surface area contributed by atoms with E-state index in [1.807, 2.05) is 37.3 Å². The predicted octanol–water partition coefficient (Wildman–Crippen LogP) is 2.68. The van der Waals surface area contributed by atoms with E-state index >= 15 is 0 Å². The van der Waals surface area contributed by atoms with Crippen LogP contribution in [-0.4, -0.2) is 19.9 Å². The summed E-state index contributed by atoms with van der Waals surface area (Å²) in [5.41, 5.74) is 0.565. The van der Waals surface area contributed by atoms with Crippen LogP contribution >= 0.6 is 0 Å². The highest BCUT2D eigenvalue weighted by Crippen LogP contribution is 2.23. The van der Waals surface area contributed by atoms with Crippen molar-refractivity contribution >= 4 is 15.7 Å². The van der Waals surface area contributed by atoms with Gasteiger partial charge in [0.05, 0.1) is 4.92 Å². The molecular formula is C15H16N2O4S. The van der Waals surface area contributed by atoms with Gasteiger partial charge in [-0.25, -0.2) is 13.1 Å². The van der Waals surface area contributed by atoms with Gasteiger partial charge < -0.3 is 0 Å². The topological polar surface area (TPSA) is 89.3 Å². The fourth-order valence-corrected chi connectivity index (χ4v) is 3.35. The van der Waals surface area contributed by atoms with Crippen LogP contribution in [0, 0.1) is 10.1 Å². The summed E-state index contributed by atoms with van der Waals surface area (Å²) in [7, 11) is -3.93. The Balaban J connectivity index is 2.17. The Morgan fingerprint density at radius 1 is 1.09 bits per heavy atom. The van der Waals surface area contributed by atoms with E-state index in [0.29, 0.717) is 0 Å². The number of para-hydroxylation sites is 1. The molecule has 0 aliphatic heterocycles. The van der Waals surface area contributed by atoms with Gasteiger partial charge >= 0.3 is 0 Å². The van der Waals surface area contributed by atoms with E-state index in [0.717, 1.165) is 5.56 Å². The molecule has 0 fully saturated rings. The number of rotatable bonds is 6. The zero-order valence-corrected chi connectivity index (χ0v) is 12.8. The van der Waals surface area contributed by atoms with Crippen molar-refractivity contribution in [3.8, 4) is 0 Å². The van der Waals surface area contributed by atoms with Crippen molar-refractivity contribution in [2.75, 3.05) is 6.54 Å². The lowest BCUT2D eigenvalue weighted by molar-refractivity contribution is -0.387. The maximum absolute atomic E-state index is 12.3. The number of hydrogen-bond donors (Lipinski definition) is 1. The van der Waals surface area contributed by atoms with E-state index in [4.69, 9.17) is 0 Å². The molecule has 0 saturated heterocycles. The molecule has 0 aliphatic carbocycles. The monoisotopic (exact) mass is 320 g/mol. The van der Waals surface area contributed by atoms with Crippen LogP contribution in [0.2, 0.25) is 0 Å². The average molecular weight is 320 g/mol. The molecule has 2 aromatic carbocycles. The molecular weight excluding hydrogens is 304 g/mol. The summed E-state index contributed by atoms with van der Waals surface area (Å²) in [6.45, 7) is 2.05. The molecule has 0 spiro atoms.